The highest BCUT2D eigenvalue weighted by Crippen LogP contribution is 2.35. The van der Waals surface area contributed by atoms with E-state index in [1.807, 2.05) is 6.08 Å². The zero-order valence-electron chi connectivity index (χ0n) is 13.5. The van der Waals surface area contributed by atoms with E-state index in [0.29, 0.717) is 11.5 Å². The van der Waals surface area contributed by atoms with Crippen LogP contribution in [0, 0.1) is 21.4 Å². The normalized spacial score (nSPS) is 20.3. The molecule has 0 saturated carbocycles. The van der Waals surface area contributed by atoms with Gasteiger partial charge in [-0.1, -0.05) is 39.0 Å². The van der Waals surface area contributed by atoms with Crippen LogP contribution < -0.4 is 0 Å². The van der Waals surface area contributed by atoms with Gasteiger partial charge in [0.2, 0.25) is 0 Å². The van der Waals surface area contributed by atoms with Crippen molar-refractivity contribution in [2.24, 2.45) is 11.3 Å². The maximum absolute atomic E-state index is 11.7. The van der Waals surface area contributed by atoms with Crippen molar-refractivity contribution in [3.8, 4) is 0 Å². The summed E-state index contributed by atoms with van der Waals surface area (Å²) >= 11 is 0. The number of carbonyl (C=O) groups is 1. The lowest BCUT2D eigenvalue weighted by Crippen LogP contribution is -2.21. The summed E-state index contributed by atoms with van der Waals surface area (Å²) in [5.41, 5.74) is 0.637. The molecule has 0 radical (unpaired) electrons. The second kappa shape index (κ2) is 6.81. The first kappa shape index (κ1) is 17.0. The van der Waals surface area contributed by atoms with Crippen LogP contribution in [-0.2, 0) is 16.1 Å². The molecule has 1 aromatic rings. The van der Waals surface area contributed by atoms with Crippen LogP contribution in [0.5, 0.6) is 0 Å². The van der Waals surface area contributed by atoms with Crippen LogP contribution in [0.3, 0.4) is 0 Å². The van der Waals surface area contributed by atoms with Gasteiger partial charge in [0.05, 0.1) is 4.92 Å². The molecule has 2 unspecified atom stereocenters. The Morgan fingerprint density at radius 3 is 2.70 bits per heavy atom. The molecule has 0 saturated heterocycles. The molecular formula is C17H21NO5. The van der Waals surface area contributed by atoms with Crippen LogP contribution in [0.15, 0.2) is 36.4 Å². The van der Waals surface area contributed by atoms with Crippen molar-refractivity contribution in [3.63, 3.8) is 0 Å². The minimum atomic E-state index is -0.763. The van der Waals surface area contributed by atoms with Crippen LogP contribution in [-0.4, -0.2) is 17.2 Å². The predicted molar refractivity (Wildman–Crippen MR) is 84.9 cm³/mol. The smallest absolute Gasteiger partial charge is 0.429 e. The number of nitro groups is 1. The van der Waals surface area contributed by atoms with Crippen molar-refractivity contribution in [1.82, 2.24) is 0 Å². The van der Waals surface area contributed by atoms with Gasteiger partial charge in [0.15, 0.2) is 0 Å². The summed E-state index contributed by atoms with van der Waals surface area (Å²) in [6, 6.07) is 5.97. The van der Waals surface area contributed by atoms with E-state index in [1.165, 1.54) is 12.1 Å². The van der Waals surface area contributed by atoms with Crippen molar-refractivity contribution in [3.05, 3.63) is 52.1 Å². The van der Waals surface area contributed by atoms with Crippen LogP contribution in [0.4, 0.5) is 10.5 Å². The number of carbonyl (C=O) groups excluding carboxylic acids is 1. The Morgan fingerprint density at radius 1 is 1.35 bits per heavy atom. The molecule has 0 aromatic heterocycles. The Labute approximate surface area is 135 Å². The lowest BCUT2D eigenvalue weighted by Gasteiger charge is -2.26. The van der Waals surface area contributed by atoms with Gasteiger partial charge in [-0.05, 0) is 29.4 Å². The molecule has 0 heterocycles. The van der Waals surface area contributed by atoms with Crippen LogP contribution in [0.1, 0.15) is 32.8 Å². The van der Waals surface area contributed by atoms with E-state index in [-0.39, 0.29) is 23.8 Å². The zero-order valence-corrected chi connectivity index (χ0v) is 13.5. The fraction of sp³-hybridized carbons (Fsp3) is 0.471. The number of non-ortho nitro benzene ring substituents is 1. The molecule has 23 heavy (non-hydrogen) atoms. The summed E-state index contributed by atoms with van der Waals surface area (Å²) in [6.45, 7) is 6.38. The Morgan fingerprint density at radius 2 is 2.09 bits per heavy atom. The van der Waals surface area contributed by atoms with Gasteiger partial charge in [-0.3, -0.25) is 10.1 Å². The summed E-state index contributed by atoms with van der Waals surface area (Å²) < 4.78 is 10.3. The van der Waals surface area contributed by atoms with E-state index < -0.39 is 11.1 Å². The third kappa shape index (κ3) is 4.81. The van der Waals surface area contributed by atoms with Gasteiger partial charge in [0.25, 0.3) is 5.69 Å². The van der Waals surface area contributed by atoms with E-state index in [0.717, 1.165) is 6.42 Å². The van der Waals surface area contributed by atoms with Crippen molar-refractivity contribution >= 4 is 11.8 Å². The average molecular weight is 319 g/mol. The molecular weight excluding hydrogens is 298 g/mol. The standard InChI is InChI=1S/C17H21NO5/c1-17(2,3)13-7-8-15(10-13)23-16(19)22-11-12-5-4-6-14(9-12)18(20)21/h4-9,13,15H,10-11H2,1-3H3. The summed E-state index contributed by atoms with van der Waals surface area (Å²) in [6.07, 6.45) is 3.65. The minimum Gasteiger partial charge on any atom is -0.429 e. The third-order valence-corrected chi connectivity index (χ3v) is 3.88. The predicted octanol–water partition coefficient (Wildman–Crippen LogP) is 4.24. The fourth-order valence-electron chi connectivity index (χ4n) is 2.45. The average Bonchev–Trinajstić information content (AvgIpc) is 2.94. The van der Waals surface area contributed by atoms with Crippen LogP contribution in [0.2, 0.25) is 0 Å². The SMILES string of the molecule is CC(C)(C)C1C=CC(OC(=O)OCc2cccc([N+](=O)[O-])c2)C1. The number of nitrogens with zero attached hydrogens (tertiary/aromatic N) is 1. The molecule has 2 atom stereocenters. The number of rotatable bonds is 4. The summed E-state index contributed by atoms with van der Waals surface area (Å²) in [7, 11) is 0. The summed E-state index contributed by atoms with van der Waals surface area (Å²) in [5.74, 6) is 0.358. The molecule has 2 rings (SSSR count). The van der Waals surface area contributed by atoms with E-state index in [9.17, 15) is 14.9 Å². The van der Waals surface area contributed by atoms with Gasteiger partial charge in [-0.2, -0.15) is 0 Å². The van der Waals surface area contributed by atoms with Gasteiger partial charge in [-0.15, -0.1) is 0 Å². The molecule has 6 nitrogen and oxygen atoms in total. The highest BCUT2D eigenvalue weighted by molar-refractivity contribution is 5.60. The molecule has 1 aliphatic carbocycles. The minimum absolute atomic E-state index is 0.0359. The van der Waals surface area contributed by atoms with E-state index in [4.69, 9.17) is 9.47 Å². The number of ether oxygens (including phenoxy) is 2. The highest BCUT2D eigenvalue weighted by atomic mass is 16.7. The van der Waals surface area contributed by atoms with Crippen molar-refractivity contribution in [2.45, 2.75) is 39.9 Å². The first-order chi connectivity index (χ1) is 10.8. The van der Waals surface area contributed by atoms with Crippen molar-refractivity contribution in [2.75, 3.05) is 0 Å². The lowest BCUT2D eigenvalue weighted by molar-refractivity contribution is -0.384. The Kier molecular flexibility index (Phi) is 5.03. The van der Waals surface area contributed by atoms with Gasteiger partial charge in [0, 0.05) is 12.1 Å². The quantitative estimate of drug-likeness (QED) is 0.359. The second-order valence-electron chi connectivity index (χ2n) is 6.72. The first-order valence-electron chi connectivity index (χ1n) is 7.51. The zero-order chi connectivity index (χ0) is 17.0. The maximum Gasteiger partial charge on any atom is 0.509 e. The molecule has 0 fully saturated rings. The van der Waals surface area contributed by atoms with Crippen LogP contribution in [0.25, 0.3) is 0 Å². The van der Waals surface area contributed by atoms with Gasteiger partial charge >= 0.3 is 6.16 Å². The summed E-state index contributed by atoms with van der Waals surface area (Å²) in [5, 5.41) is 10.7. The van der Waals surface area contributed by atoms with Gasteiger partial charge in [0.1, 0.15) is 12.7 Å². The molecule has 0 spiro atoms. The van der Waals surface area contributed by atoms with E-state index in [1.54, 1.807) is 12.1 Å². The molecule has 124 valence electrons. The van der Waals surface area contributed by atoms with Crippen LogP contribution >= 0.6 is 0 Å². The maximum atomic E-state index is 11.7. The third-order valence-electron chi connectivity index (χ3n) is 3.88. The molecule has 0 aliphatic heterocycles. The number of hydrogen-bond donors (Lipinski definition) is 0. The van der Waals surface area contributed by atoms with Crippen molar-refractivity contribution in [1.29, 1.82) is 0 Å². The Hall–Kier alpha value is -2.37. The van der Waals surface area contributed by atoms with Gasteiger partial charge < -0.3 is 9.47 Å². The Bertz CT molecular complexity index is 618. The molecule has 6 heteroatoms. The molecule has 0 bridgehead atoms. The largest absolute Gasteiger partial charge is 0.509 e. The highest BCUT2D eigenvalue weighted by Gasteiger charge is 2.30. The monoisotopic (exact) mass is 319 g/mol. The van der Waals surface area contributed by atoms with Gasteiger partial charge in [-0.25, -0.2) is 4.79 Å². The lowest BCUT2D eigenvalue weighted by atomic mass is 9.80. The topological polar surface area (TPSA) is 78.7 Å². The number of hydrogen-bond acceptors (Lipinski definition) is 5. The number of allylic oxidation sites excluding steroid dienone is 1. The first-order valence-corrected chi connectivity index (χ1v) is 7.51. The molecule has 0 amide bonds. The molecule has 1 aliphatic rings. The number of nitro benzene ring substituents is 1. The molecule has 0 N–H and O–H groups in total. The fourth-order valence-corrected chi connectivity index (χ4v) is 2.45. The second-order valence-corrected chi connectivity index (χ2v) is 6.72. The number of benzene rings is 1. The Balaban J connectivity index is 1.81. The molecule has 1 aromatic carbocycles. The van der Waals surface area contributed by atoms with Crippen molar-refractivity contribution < 1.29 is 19.2 Å². The summed E-state index contributed by atoms with van der Waals surface area (Å²) in [4.78, 5) is 21.9. The van der Waals surface area contributed by atoms with E-state index >= 15 is 0 Å². The van der Waals surface area contributed by atoms with E-state index in [2.05, 4.69) is 26.8 Å².